The number of furan rings is 2. The van der Waals surface area contributed by atoms with Crippen LogP contribution >= 0.6 is 0 Å². The molecule has 2 heterocycles. The number of rotatable bonds is 5. The highest BCUT2D eigenvalue weighted by Gasteiger charge is 2.18. The second kappa shape index (κ2) is 11.0. The average molecular weight is 628 g/mol. The number of para-hydroxylation sites is 2. The second-order valence-electron chi connectivity index (χ2n) is 12.5. The van der Waals surface area contributed by atoms with Gasteiger partial charge in [0.15, 0.2) is 0 Å². The Labute approximate surface area is 282 Å². The van der Waals surface area contributed by atoms with Crippen molar-refractivity contribution in [3.8, 4) is 22.3 Å². The zero-order valence-electron chi connectivity index (χ0n) is 26.5. The van der Waals surface area contributed by atoms with Gasteiger partial charge in [0.1, 0.15) is 22.3 Å². The third-order valence-electron chi connectivity index (χ3n) is 9.65. The van der Waals surface area contributed by atoms with Gasteiger partial charge in [0, 0.05) is 44.0 Å². The van der Waals surface area contributed by atoms with E-state index in [2.05, 4.69) is 169 Å². The van der Waals surface area contributed by atoms with E-state index in [4.69, 9.17) is 8.83 Å². The predicted octanol–water partition coefficient (Wildman–Crippen LogP) is 13.4. The summed E-state index contributed by atoms with van der Waals surface area (Å²) >= 11 is 0. The van der Waals surface area contributed by atoms with Crippen LogP contribution in [0.25, 0.3) is 76.9 Å². The fourth-order valence-corrected chi connectivity index (χ4v) is 7.34. The zero-order chi connectivity index (χ0) is 32.3. The van der Waals surface area contributed by atoms with Crippen LogP contribution in [0.4, 0.5) is 17.1 Å². The predicted molar refractivity (Wildman–Crippen MR) is 204 cm³/mol. The third-order valence-corrected chi connectivity index (χ3v) is 9.65. The first-order valence-electron chi connectivity index (χ1n) is 16.6. The number of benzene rings is 8. The van der Waals surface area contributed by atoms with E-state index in [9.17, 15) is 0 Å². The molecule has 3 heteroatoms. The molecule has 0 atom stereocenters. The fraction of sp³-hybridized carbons (Fsp3) is 0. The Bertz CT molecular complexity index is 2830. The quantitative estimate of drug-likeness (QED) is 0.190. The van der Waals surface area contributed by atoms with Gasteiger partial charge in [-0.1, -0.05) is 109 Å². The second-order valence-corrected chi connectivity index (χ2v) is 12.5. The topological polar surface area (TPSA) is 29.5 Å². The molecule has 10 rings (SSSR count). The maximum Gasteiger partial charge on any atom is 0.143 e. The van der Waals surface area contributed by atoms with E-state index in [1.807, 2.05) is 12.1 Å². The van der Waals surface area contributed by atoms with E-state index < -0.39 is 0 Å². The molecule has 0 unspecified atom stereocenters. The van der Waals surface area contributed by atoms with Crippen molar-refractivity contribution in [3.05, 3.63) is 176 Å². The van der Waals surface area contributed by atoms with Crippen LogP contribution < -0.4 is 4.90 Å². The highest BCUT2D eigenvalue weighted by Crippen LogP contribution is 2.42. The lowest BCUT2D eigenvalue weighted by Gasteiger charge is -2.26. The monoisotopic (exact) mass is 627 g/mol. The standard InChI is InChI=1S/C46H29NO2/c1-2-12-34(13-3-1)47(35-24-20-30(21-25-35)32-23-26-40-39-16-6-7-18-42(39)48-44(40)29-32)36-14-8-11-33(28-36)37-17-9-19-43-45(37)41-27-22-31-10-4-5-15-38(31)46(41)49-43/h1-29H. The first-order chi connectivity index (χ1) is 24.3. The van der Waals surface area contributed by atoms with E-state index in [0.717, 1.165) is 88.6 Å². The van der Waals surface area contributed by atoms with Crippen molar-refractivity contribution in [1.82, 2.24) is 0 Å². The van der Waals surface area contributed by atoms with Crippen LogP contribution in [0.5, 0.6) is 0 Å². The molecule has 10 aromatic rings. The van der Waals surface area contributed by atoms with Crippen molar-refractivity contribution < 1.29 is 8.83 Å². The Kier molecular flexibility index (Phi) is 6.18. The van der Waals surface area contributed by atoms with E-state index in [1.165, 1.54) is 5.39 Å². The molecule has 0 fully saturated rings. The molecule has 0 aliphatic rings. The lowest BCUT2D eigenvalue weighted by molar-refractivity contribution is 0.669. The molecular formula is C46H29NO2. The first kappa shape index (κ1) is 27.5. The Morgan fingerprint density at radius 3 is 1.92 bits per heavy atom. The third kappa shape index (κ3) is 4.51. The Hall–Kier alpha value is -6.58. The van der Waals surface area contributed by atoms with Crippen LogP contribution in [0.3, 0.4) is 0 Å². The van der Waals surface area contributed by atoms with Gasteiger partial charge in [0.2, 0.25) is 0 Å². The molecule has 8 aromatic carbocycles. The van der Waals surface area contributed by atoms with Gasteiger partial charge in [-0.05, 0) is 94.4 Å². The Morgan fingerprint density at radius 2 is 1.02 bits per heavy atom. The summed E-state index contributed by atoms with van der Waals surface area (Å²) in [5.41, 5.74) is 11.4. The normalized spacial score (nSPS) is 11.7. The van der Waals surface area contributed by atoms with Gasteiger partial charge < -0.3 is 13.7 Å². The van der Waals surface area contributed by atoms with Crippen molar-refractivity contribution in [2.45, 2.75) is 0 Å². The summed E-state index contributed by atoms with van der Waals surface area (Å²) in [6.45, 7) is 0. The molecule has 0 saturated carbocycles. The van der Waals surface area contributed by atoms with Gasteiger partial charge in [0.05, 0.1) is 0 Å². The van der Waals surface area contributed by atoms with E-state index in [1.54, 1.807) is 0 Å². The molecule has 0 N–H and O–H groups in total. The number of fused-ring (bicyclic) bond motifs is 8. The summed E-state index contributed by atoms with van der Waals surface area (Å²) in [6.07, 6.45) is 0. The van der Waals surface area contributed by atoms with Gasteiger partial charge >= 0.3 is 0 Å². The van der Waals surface area contributed by atoms with Crippen LogP contribution in [0.2, 0.25) is 0 Å². The highest BCUT2D eigenvalue weighted by atomic mass is 16.3. The van der Waals surface area contributed by atoms with Gasteiger partial charge in [-0.15, -0.1) is 0 Å². The fourth-order valence-electron chi connectivity index (χ4n) is 7.34. The van der Waals surface area contributed by atoms with Gasteiger partial charge in [-0.25, -0.2) is 0 Å². The Balaban J connectivity index is 1.07. The Morgan fingerprint density at radius 1 is 0.347 bits per heavy atom. The lowest BCUT2D eigenvalue weighted by atomic mass is 9.97. The molecule has 0 aliphatic carbocycles. The van der Waals surface area contributed by atoms with Gasteiger partial charge in [-0.2, -0.15) is 0 Å². The van der Waals surface area contributed by atoms with E-state index in [-0.39, 0.29) is 0 Å². The van der Waals surface area contributed by atoms with Crippen LogP contribution in [0.1, 0.15) is 0 Å². The summed E-state index contributed by atoms with van der Waals surface area (Å²) in [5, 5.41) is 6.86. The highest BCUT2D eigenvalue weighted by molar-refractivity contribution is 6.19. The minimum Gasteiger partial charge on any atom is -0.456 e. The van der Waals surface area contributed by atoms with Crippen molar-refractivity contribution in [2.75, 3.05) is 4.90 Å². The lowest BCUT2D eigenvalue weighted by Crippen LogP contribution is -2.09. The van der Waals surface area contributed by atoms with Crippen molar-refractivity contribution in [3.63, 3.8) is 0 Å². The summed E-state index contributed by atoms with van der Waals surface area (Å²) in [5.74, 6) is 0. The van der Waals surface area contributed by atoms with E-state index in [0.29, 0.717) is 0 Å². The molecule has 2 aromatic heterocycles. The molecule has 49 heavy (non-hydrogen) atoms. The summed E-state index contributed by atoms with van der Waals surface area (Å²) in [7, 11) is 0. The summed E-state index contributed by atoms with van der Waals surface area (Å²) in [6, 6.07) is 62.0. The van der Waals surface area contributed by atoms with Crippen molar-refractivity contribution >= 4 is 71.7 Å². The maximum atomic E-state index is 6.51. The minimum absolute atomic E-state index is 0.894. The molecule has 0 amide bonds. The minimum atomic E-state index is 0.894. The van der Waals surface area contributed by atoms with Crippen molar-refractivity contribution in [2.24, 2.45) is 0 Å². The SMILES string of the molecule is c1ccc(N(c2ccc(-c3ccc4c(c3)oc3ccccc34)cc2)c2cccc(-c3cccc4oc5c6ccccc6ccc5c34)c2)cc1. The molecule has 0 spiro atoms. The van der Waals surface area contributed by atoms with Crippen LogP contribution in [-0.2, 0) is 0 Å². The molecule has 0 aliphatic heterocycles. The van der Waals surface area contributed by atoms with Crippen LogP contribution in [-0.4, -0.2) is 0 Å². The van der Waals surface area contributed by atoms with E-state index >= 15 is 0 Å². The smallest absolute Gasteiger partial charge is 0.143 e. The first-order valence-corrected chi connectivity index (χ1v) is 16.6. The maximum absolute atomic E-state index is 6.51. The van der Waals surface area contributed by atoms with Gasteiger partial charge in [-0.3, -0.25) is 0 Å². The van der Waals surface area contributed by atoms with Crippen LogP contribution in [0.15, 0.2) is 185 Å². The summed E-state index contributed by atoms with van der Waals surface area (Å²) < 4.78 is 12.7. The van der Waals surface area contributed by atoms with Gasteiger partial charge in [0.25, 0.3) is 0 Å². The molecule has 0 radical (unpaired) electrons. The average Bonchev–Trinajstić information content (AvgIpc) is 3.74. The number of hydrogen-bond donors (Lipinski definition) is 0. The number of nitrogens with zero attached hydrogens (tertiary/aromatic N) is 1. The van der Waals surface area contributed by atoms with Crippen molar-refractivity contribution in [1.29, 1.82) is 0 Å². The summed E-state index contributed by atoms with van der Waals surface area (Å²) in [4.78, 5) is 2.32. The number of hydrogen-bond acceptors (Lipinski definition) is 3. The van der Waals surface area contributed by atoms with Crippen LogP contribution in [0, 0.1) is 0 Å². The molecule has 3 nitrogen and oxygen atoms in total. The largest absolute Gasteiger partial charge is 0.456 e. The zero-order valence-corrected chi connectivity index (χ0v) is 26.5. The molecule has 0 bridgehead atoms. The molecule has 0 saturated heterocycles. The molecular weight excluding hydrogens is 599 g/mol. The number of anilines is 3. The molecule has 230 valence electrons.